The Hall–Kier alpha value is -8.44. The summed E-state index contributed by atoms with van der Waals surface area (Å²) in [5.41, 5.74) is 40.7. The van der Waals surface area contributed by atoms with Gasteiger partial charge in [0.1, 0.15) is 47.4 Å². The second kappa shape index (κ2) is 35.5. The number of anilines is 4. The Labute approximate surface area is 488 Å². The Morgan fingerprint density at radius 3 is 0.881 bits per heavy atom. The molecule has 0 aliphatic carbocycles. The van der Waals surface area contributed by atoms with Crippen LogP contribution in [0.1, 0.15) is 118 Å². The van der Waals surface area contributed by atoms with Crippen molar-refractivity contribution in [1.29, 1.82) is 0 Å². The maximum atomic E-state index is 14.3. The molecule has 4 aromatic rings. The molecule has 27 nitrogen and oxygen atoms in total. The summed E-state index contributed by atoms with van der Waals surface area (Å²) in [6.45, 7) is 1.41. The topological polar surface area (TPSA) is 452 Å². The average Bonchev–Trinajstić information content (AvgIpc) is 3.56. The lowest BCUT2D eigenvalue weighted by Gasteiger charge is -2.22. The molecule has 0 saturated carbocycles. The number of ether oxygens (including phenoxy) is 4. The number of hydrogen-bond acceptors (Lipinski definition) is 19. The number of nitrogens with one attached hydrogen (secondary N) is 8. The molecule has 27 heteroatoms. The van der Waals surface area contributed by atoms with E-state index in [1.807, 2.05) is 0 Å². The Kier molecular flexibility index (Phi) is 28.8. The second-order valence-electron chi connectivity index (χ2n) is 19.4. The van der Waals surface area contributed by atoms with Crippen LogP contribution in [0, 0.1) is 0 Å². The first-order valence-electron chi connectivity index (χ1n) is 27.6. The van der Waals surface area contributed by atoms with Crippen molar-refractivity contribution in [3.63, 3.8) is 0 Å². The fraction of sp³-hybridized carbons (Fsp3) is 0.439. The number of amides is 8. The highest BCUT2D eigenvalue weighted by Crippen LogP contribution is 2.28. The number of methoxy groups -OCH3 is 4. The number of carbonyl (C=O) groups excluding carboxylic acids is 8. The summed E-state index contributed by atoms with van der Waals surface area (Å²) < 4.78 is 21.7. The van der Waals surface area contributed by atoms with Gasteiger partial charge in [0, 0.05) is 22.7 Å². The maximum absolute atomic E-state index is 14.3. The normalized spacial score (nSPS) is 12.4. The number of rotatable bonds is 37. The van der Waals surface area contributed by atoms with Crippen molar-refractivity contribution in [3.8, 4) is 23.0 Å². The van der Waals surface area contributed by atoms with Crippen molar-refractivity contribution in [2.24, 2.45) is 40.1 Å². The summed E-state index contributed by atoms with van der Waals surface area (Å²) in [4.78, 5) is 110. The highest BCUT2D eigenvalue weighted by Gasteiger charge is 2.29. The van der Waals surface area contributed by atoms with Crippen LogP contribution in [0.4, 0.5) is 22.7 Å². The molecule has 0 bridgehead atoms. The van der Waals surface area contributed by atoms with Crippen LogP contribution < -0.4 is 102 Å². The van der Waals surface area contributed by atoms with Crippen LogP contribution in [0.2, 0.25) is 0 Å². The van der Waals surface area contributed by atoms with E-state index in [2.05, 4.69) is 42.5 Å². The second-order valence-corrected chi connectivity index (χ2v) is 19.4. The van der Waals surface area contributed by atoms with Gasteiger partial charge in [-0.3, -0.25) is 43.7 Å². The molecule has 4 rings (SSSR count). The van der Waals surface area contributed by atoms with Crippen molar-refractivity contribution in [2.45, 2.75) is 108 Å². The number of primary amides is 1. The summed E-state index contributed by atoms with van der Waals surface area (Å²) in [6, 6.07) is 13.2. The smallest absolute Gasteiger partial charge is 0.255 e. The van der Waals surface area contributed by atoms with Gasteiger partial charge in [-0.25, -0.2) is 0 Å². The highest BCUT2D eigenvalue weighted by atomic mass is 16.5. The third-order valence-corrected chi connectivity index (χ3v) is 13.2. The fourth-order valence-corrected chi connectivity index (χ4v) is 8.79. The molecule has 458 valence electrons. The SMILES string of the molecule is COc1ccc(NC(=O)[C@H](CCCCN)NC(=O)c2cc(NC(=O)[C@H](CCCCN)NC(=O)c3cc(NC(=O)[C@H](CCCCN)NC(=O)c4cc(NC(=O)[C@H](CCCCN)NC(N)N)ccc4OC)ccc3OC)ccc2OC)cc1C(N)=O. The van der Waals surface area contributed by atoms with E-state index in [1.165, 1.54) is 95.2 Å². The summed E-state index contributed by atoms with van der Waals surface area (Å²) in [7, 11) is 5.43. The highest BCUT2D eigenvalue weighted by molar-refractivity contribution is 6.07. The van der Waals surface area contributed by atoms with Gasteiger partial charge in [0.15, 0.2) is 0 Å². The maximum Gasteiger partial charge on any atom is 0.255 e. The Balaban J connectivity index is 1.56. The van der Waals surface area contributed by atoms with Crippen molar-refractivity contribution >= 4 is 70.0 Å². The monoisotopic (exact) mass is 1170 g/mol. The van der Waals surface area contributed by atoms with Crippen molar-refractivity contribution in [3.05, 3.63) is 95.1 Å². The number of carbonyl (C=O) groups is 8. The fourth-order valence-electron chi connectivity index (χ4n) is 8.79. The lowest BCUT2D eigenvalue weighted by Crippen LogP contribution is -2.54. The molecule has 0 aromatic heterocycles. The molecule has 0 spiro atoms. The zero-order valence-electron chi connectivity index (χ0n) is 48.1. The molecule has 0 heterocycles. The predicted molar refractivity (Wildman–Crippen MR) is 319 cm³/mol. The van der Waals surface area contributed by atoms with Gasteiger partial charge < -0.3 is 96.3 Å². The van der Waals surface area contributed by atoms with Crippen LogP contribution in [0.3, 0.4) is 0 Å². The number of unbranched alkanes of at least 4 members (excludes halogenated alkanes) is 4. The van der Waals surface area contributed by atoms with Crippen LogP contribution in [0.5, 0.6) is 23.0 Å². The van der Waals surface area contributed by atoms with Gasteiger partial charge in [-0.05, 0) is 170 Å². The standard InChI is InChI=1S/C57H83N15O12/c1-81-45-21-17-33(29-37(45)49(62)73)65-53(77)41(13-5-9-25-58)69-50(74)38-30-34(18-22-46(38)82-2)66-54(78)42(14-6-10-26-59)70-51(75)39-31-35(19-23-47(39)83-3)67-55(79)43(15-7-11-27-60)71-52(76)40-32-36(20-24-48(40)84-4)68-56(80)44(72-57(63)64)16-8-12-28-61/h17-24,29-32,41-44,57,72H,5-16,25-28,58-61,63-64H2,1-4H3,(H2,62,73)(H,65,77)(H,66,78)(H,67,79)(H,68,80)(H,69,74)(H,70,75)(H,71,76)/t41-,42-,43-,44-/m0/s1. The summed E-state index contributed by atoms with van der Waals surface area (Å²) in [6.07, 6.45) is 4.13. The minimum absolute atomic E-state index is 0.0107. The third-order valence-electron chi connectivity index (χ3n) is 13.2. The largest absolute Gasteiger partial charge is 0.496 e. The van der Waals surface area contributed by atoms with Crippen LogP contribution in [0.25, 0.3) is 0 Å². The molecule has 0 fully saturated rings. The van der Waals surface area contributed by atoms with Crippen LogP contribution in [-0.4, -0.2) is 132 Å². The zero-order valence-corrected chi connectivity index (χ0v) is 48.1. The van der Waals surface area contributed by atoms with Gasteiger partial charge in [-0.2, -0.15) is 0 Å². The number of nitrogens with two attached hydrogens (primary N) is 7. The first kappa shape index (κ1) is 68.1. The average molecular weight is 1170 g/mol. The van der Waals surface area contributed by atoms with E-state index in [-0.39, 0.29) is 87.3 Å². The van der Waals surface area contributed by atoms with Crippen molar-refractivity contribution in [1.82, 2.24) is 21.3 Å². The lowest BCUT2D eigenvalue weighted by atomic mass is 10.1. The molecule has 4 aromatic carbocycles. The van der Waals surface area contributed by atoms with Crippen LogP contribution in [0.15, 0.2) is 72.8 Å². The first-order chi connectivity index (χ1) is 40.3. The van der Waals surface area contributed by atoms with E-state index < -0.39 is 77.7 Å². The van der Waals surface area contributed by atoms with Gasteiger partial charge in [0.2, 0.25) is 23.6 Å². The Morgan fingerprint density at radius 1 is 0.381 bits per heavy atom. The minimum atomic E-state index is -1.18. The first-order valence-corrected chi connectivity index (χ1v) is 27.6. The molecule has 4 atom stereocenters. The zero-order chi connectivity index (χ0) is 61.7. The molecule has 0 saturated heterocycles. The number of hydrogen-bond donors (Lipinski definition) is 15. The molecule has 0 radical (unpaired) electrons. The molecule has 22 N–H and O–H groups in total. The van der Waals surface area contributed by atoms with Gasteiger partial charge in [0.05, 0.1) is 56.7 Å². The summed E-state index contributed by atoms with van der Waals surface area (Å²) in [5.74, 6) is -4.73. The molecule has 0 unspecified atom stereocenters. The van der Waals surface area contributed by atoms with Gasteiger partial charge in [-0.15, -0.1) is 0 Å². The number of benzene rings is 4. The minimum Gasteiger partial charge on any atom is -0.496 e. The van der Waals surface area contributed by atoms with Crippen LogP contribution >= 0.6 is 0 Å². The summed E-state index contributed by atoms with van der Waals surface area (Å²) in [5, 5.41) is 22.2. The van der Waals surface area contributed by atoms with E-state index in [4.69, 9.17) is 59.1 Å². The van der Waals surface area contributed by atoms with E-state index in [1.54, 1.807) is 6.07 Å². The Morgan fingerprint density at radius 2 is 0.631 bits per heavy atom. The molecule has 8 amide bonds. The van der Waals surface area contributed by atoms with Gasteiger partial charge in [-0.1, -0.05) is 6.42 Å². The molecule has 0 aliphatic rings. The van der Waals surface area contributed by atoms with E-state index in [0.29, 0.717) is 84.0 Å². The molecule has 84 heavy (non-hydrogen) atoms. The van der Waals surface area contributed by atoms with Crippen molar-refractivity contribution in [2.75, 3.05) is 75.9 Å². The Bertz CT molecular complexity index is 2870. The van der Waals surface area contributed by atoms with Gasteiger partial charge in [0.25, 0.3) is 23.6 Å². The van der Waals surface area contributed by atoms with E-state index >= 15 is 0 Å². The van der Waals surface area contributed by atoms with Crippen molar-refractivity contribution < 1.29 is 57.3 Å². The quantitative estimate of drug-likeness (QED) is 0.0225. The lowest BCUT2D eigenvalue weighted by molar-refractivity contribution is -0.119. The summed E-state index contributed by atoms with van der Waals surface area (Å²) >= 11 is 0. The molecule has 0 aliphatic heterocycles. The molecular weight excluding hydrogens is 1090 g/mol. The van der Waals surface area contributed by atoms with Crippen LogP contribution in [-0.2, 0) is 19.2 Å². The van der Waals surface area contributed by atoms with E-state index in [9.17, 15) is 38.4 Å². The van der Waals surface area contributed by atoms with E-state index in [0.717, 1.165) is 0 Å². The van der Waals surface area contributed by atoms with Gasteiger partial charge >= 0.3 is 0 Å². The predicted octanol–water partition coefficient (Wildman–Crippen LogP) is 1.64. The third kappa shape index (κ3) is 21.1. The molecular formula is C57H83N15O12.